The molecule has 0 radical (unpaired) electrons. The van der Waals surface area contributed by atoms with E-state index in [1.54, 1.807) is 42.3 Å². The molecule has 15 heteroatoms. The van der Waals surface area contributed by atoms with Crippen LogP contribution in [0.1, 0.15) is 45.2 Å². The molecule has 3 heterocycles. The minimum Gasteiger partial charge on any atom is -0.487 e. The third kappa shape index (κ3) is 8.08. The van der Waals surface area contributed by atoms with E-state index in [9.17, 15) is 14.4 Å². The number of alkyl halides is 3. The van der Waals surface area contributed by atoms with Crippen molar-refractivity contribution in [3.63, 3.8) is 0 Å². The monoisotopic (exact) mass is 735 g/mol. The maximum absolute atomic E-state index is 13.6. The fraction of sp³-hybridized carbons (Fsp3) is 0.484. The Bertz CT molecular complexity index is 1490. The maximum Gasteiger partial charge on any atom is 0.411 e. The summed E-state index contributed by atoms with van der Waals surface area (Å²) in [6.45, 7) is 8.61. The number of amides is 2. The van der Waals surface area contributed by atoms with E-state index in [0.717, 1.165) is 5.56 Å². The van der Waals surface area contributed by atoms with Crippen molar-refractivity contribution in [2.24, 2.45) is 0 Å². The molecule has 0 saturated carbocycles. The molecule has 0 aliphatic carbocycles. The van der Waals surface area contributed by atoms with Gasteiger partial charge in [0.05, 0.1) is 34.3 Å². The highest BCUT2D eigenvalue weighted by Gasteiger charge is 2.51. The van der Waals surface area contributed by atoms with Gasteiger partial charge in [-0.05, 0) is 69.0 Å². The van der Waals surface area contributed by atoms with E-state index >= 15 is 0 Å². The lowest BCUT2D eigenvalue weighted by molar-refractivity contribution is -0.142. The number of hydrogen-bond acceptors (Lipinski definition) is 8. The molecule has 2 unspecified atom stereocenters. The topological polar surface area (TPSA) is 108 Å². The number of pyridine rings is 1. The van der Waals surface area contributed by atoms with E-state index in [1.807, 2.05) is 6.92 Å². The fourth-order valence-corrected chi connectivity index (χ4v) is 6.09. The lowest BCUT2D eigenvalue weighted by Crippen LogP contribution is -2.65. The van der Waals surface area contributed by atoms with Crippen LogP contribution in [0, 0.1) is 6.92 Å². The number of benzene rings is 1. The summed E-state index contributed by atoms with van der Waals surface area (Å²) in [6.07, 6.45) is 0.996. The number of carbonyl (C=O) groups excluding carboxylic acids is 3. The molecule has 46 heavy (non-hydrogen) atoms. The van der Waals surface area contributed by atoms with Crippen molar-refractivity contribution in [2.75, 3.05) is 32.9 Å². The number of nitrogens with zero attached hydrogens (tertiary/aromatic N) is 3. The smallest absolute Gasteiger partial charge is 0.411 e. The van der Waals surface area contributed by atoms with Gasteiger partial charge in [-0.25, -0.2) is 14.6 Å². The Labute approximate surface area is 292 Å². The average molecular weight is 738 g/mol. The van der Waals surface area contributed by atoms with Gasteiger partial charge in [0.1, 0.15) is 13.2 Å². The quantitative estimate of drug-likeness (QED) is 0.153. The van der Waals surface area contributed by atoms with E-state index in [2.05, 4.69) is 4.98 Å². The highest BCUT2D eigenvalue weighted by Crippen LogP contribution is 2.43. The SMILES string of the molecule is CCOC(=O)C1=C(c2ccc(OCCOc3c(Cl)cc(C)cc3Cl)nc2)CC2CN(C(C)=O)CC1N2C(=O)OC(C)(C)C(Cl)(Cl)Cl. The Hall–Kier alpha value is -2.63. The van der Waals surface area contributed by atoms with Gasteiger partial charge in [0.2, 0.25) is 15.6 Å². The van der Waals surface area contributed by atoms with Gasteiger partial charge < -0.3 is 23.8 Å². The molecular weight excluding hydrogens is 704 g/mol. The summed E-state index contributed by atoms with van der Waals surface area (Å²) < 4.78 is 20.6. The number of halogens is 5. The molecule has 2 aliphatic rings. The molecule has 2 bridgehead atoms. The molecular formula is C31H34Cl5N3O7. The van der Waals surface area contributed by atoms with E-state index < -0.39 is 33.5 Å². The highest BCUT2D eigenvalue weighted by molar-refractivity contribution is 6.68. The number of rotatable bonds is 9. The third-order valence-corrected chi connectivity index (χ3v) is 9.56. The van der Waals surface area contributed by atoms with Gasteiger partial charge in [0.15, 0.2) is 11.4 Å². The average Bonchev–Trinajstić information content (AvgIpc) is 2.94. The molecule has 1 saturated heterocycles. The summed E-state index contributed by atoms with van der Waals surface area (Å²) in [7, 11) is 0. The van der Waals surface area contributed by atoms with Gasteiger partial charge in [-0.3, -0.25) is 9.69 Å². The number of ether oxygens (including phenoxy) is 4. The summed E-state index contributed by atoms with van der Waals surface area (Å²) in [5.74, 6) is -0.130. The molecule has 10 nitrogen and oxygen atoms in total. The number of piperazine rings is 1. The van der Waals surface area contributed by atoms with Gasteiger partial charge in [-0.15, -0.1) is 0 Å². The molecule has 2 aromatic rings. The number of fused-ring (bicyclic) bond motifs is 2. The summed E-state index contributed by atoms with van der Waals surface area (Å²) in [4.78, 5) is 47.0. The maximum atomic E-state index is 13.6. The van der Waals surface area contributed by atoms with Crippen LogP contribution in [-0.2, 0) is 19.1 Å². The van der Waals surface area contributed by atoms with Crippen molar-refractivity contribution in [3.05, 3.63) is 57.2 Å². The van der Waals surface area contributed by atoms with E-state index in [1.165, 1.54) is 25.7 Å². The largest absolute Gasteiger partial charge is 0.487 e. The molecule has 2 aliphatic heterocycles. The number of carbonyl (C=O) groups is 3. The van der Waals surface area contributed by atoms with Crippen LogP contribution in [-0.4, -0.2) is 87.1 Å². The Morgan fingerprint density at radius 2 is 1.67 bits per heavy atom. The van der Waals surface area contributed by atoms with Crippen molar-refractivity contribution in [1.82, 2.24) is 14.8 Å². The highest BCUT2D eigenvalue weighted by atomic mass is 35.6. The van der Waals surface area contributed by atoms with Crippen LogP contribution in [0.5, 0.6) is 11.6 Å². The summed E-state index contributed by atoms with van der Waals surface area (Å²) in [5.41, 5.74) is 0.890. The van der Waals surface area contributed by atoms with Gasteiger partial charge in [0.25, 0.3) is 0 Å². The van der Waals surface area contributed by atoms with Crippen LogP contribution in [0.3, 0.4) is 0 Å². The van der Waals surface area contributed by atoms with E-state index in [4.69, 9.17) is 77.0 Å². The van der Waals surface area contributed by atoms with Crippen molar-refractivity contribution in [2.45, 2.75) is 62.5 Å². The Morgan fingerprint density at radius 3 is 2.24 bits per heavy atom. The molecule has 250 valence electrons. The first-order valence-corrected chi connectivity index (χ1v) is 16.3. The minimum absolute atomic E-state index is 0.0381. The molecule has 0 N–H and O–H groups in total. The third-order valence-electron chi connectivity index (χ3n) is 7.64. The second kappa shape index (κ2) is 14.6. The summed E-state index contributed by atoms with van der Waals surface area (Å²) >= 11 is 30.7. The zero-order valence-corrected chi connectivity index (χ0v) is 29.7. The molecule has 1 aromatic carbocycles. The molecule has 0 spiro atoms. The second-order valence-electron chi connectivity index (χ2n) is 11.3. The predicted octanol–water partition coefficient (Wildman–Crippen LogP) is 7.06. The van der Waals surface area contributed by atoms with Crippen LogP contribution in [0.25, 0.3) is 5.57 Å². The molecule has 1 aromatic heterocycles. The molecule has 2 amide bonds. The number of hydrogen-bond donors (Lipinski definition) is 0. The van der Waals surface area contributed by atoms with Crippen LogP contribution in [0.4, 0.5) is 4.79 Å². The van der Waals surface area contributed by atoms with Crippen LogP contribution in [0.2, 0.25) is 10.0 Å². The van der Waals surface area contributed by atoms with Gasteiger partial charge in [-0.2, -0.15) is 0 Å². The van der Waals surface area contributed by atoms with Crippen molar-refractivity contribution in [3.8, 4) is 11.6 Å². The summed E-state index contributed by atoms with van der Waals surface area (Å²) in [6, 6.07) is 5.50. The van der Waals surface area contributed by atoms with E-state index in [0.29, 0.717) is 32.8 Å². The molecule has 1 fully saturated rings. The first-order chi connectivity index (χ1) is 21.5. The second-order valence-corrected chi connectivity index (χ2v) is 14.4. The minimum atomic E-state index is -1.92. The van der Waals surface area contributed by atoms with Gasteiger partial charge in [0, 0.05) is 32.3 Å². The first kappa shape index (κ1) is 36.2. The zero-order valence-electron chi connectivity index (χ0n) is 25.9. The Kier molecular flexibility index (Phi) is 11.5. The van der Waals surface area contributed by atoms with Crippen LogP contribution < -0.4 is 9.47 Å². The van der Waals surface area contributed by atoms with Crippen molar-refractivity contribution in [1.29, 1.82) is 0 Å². The first-order valence-electron chi connectivity index (χ1n) is 14.4. The van der Waals surface area contributed by atoms with Gasteiger partial charge >= 0.3 is 12.1 Å². The molecule has 2 atom stereocenters. The van der Waals surface area contributed by atoms with Gasteiger partial charge in [-0.1, -0.05) is 58.0 Å². The van der Waals surface area contributed by atoms with Crippen LogP contribution in [0.15, 0.2) is 36.0 Å². The Balaban J connectivity index is 1.59. The standard InChI is InChI=1S/C31H34Cl5N3O7/c1-6-43-28(41)26-21(19-7-8-25(37-14-19)44-9-10-45-27-22(32)11-17(2)12-23(27)33)13-20-15-38(18(3)40)16-24(26)39(20)29(42)46-30(4,5)31(34,35)36/h7-8,11-12,14,20,24H,6,9-10,13,15-16H2,1-5H3. The van der Waals surface area contributed by atoms with Crippen LogP contribution >= 0.6 is 58.0 Å². The predicted molar refractivity (Wildman–Crippen MR) is 177 cm³/mol. The zero-order chi connectivity index (χ0) is 34.0. The number of esters is 1. The Morgan fingerprint density at radius 1 is 1.02 bits per heavy atom. The molecule has 4 rings (SSSR count). The van der Waals surface area contributed by atoms with Crippen molar-refractivity contribution >= 4 is 81.5 Å². The number of aryl methyl sites for hydroxylation is 1. The fourth-order valence-electron chi connectivity index (χ4n) is 5.27. The summed E-state index contributed by atoms with van der Waals surface area (Å²) in [5, 5.41) is 0.810. The normalized spacial score (nSPS) is 18.3. The van der Waals surface area contributed by atoms with E-state index in [-0.39, 0.29) is 50.8 Å². The lowest BCUT2D eigenvalue weighted by atomic mass is 9.82. The van der Waals surface area contributed by atoms with Crippen molar-refractivity contribution < 1.29 is 33.3 Å². The number of aromatic nitrogens is 1. The lowest BCUT2D eigenvalue weighted by Gasteiger charge is -2.50.